The normalized spacial score (nSPS) is 36.2. The molecule has 12 nitrogen and oxygen atoms in total. The molecule has 4 fully saturated rings. The van der Waals surface area contributed by atoms with Crippen LogP contribution in [-0.4, -0.2) is 100 Å². The number of hydrogen-bond donors (Lipinski definition) is 0. The van der Waals surface area contributed by atoms with Crippen LogP contribution in [0.15, 0.2) is 91.0 Å². The van der Waals surface area contributed by atoms with Crippen LogP contribution in [0.25, 0.3) is 0 Å². The lowest BCUT2D eigenvalue weighted by atomic mass is 9.93. The van der Waals surface area contributed by atoms with Crippen molar-refractivity contribution in [1.29, 1.82) is 0 Å². The molecule has 0 aromatic heterocycles. The van der Waals surface area contributed by atoms with E-state index >= 15 is 0 Å². The van der Waals surface area contributed by atoms with Gasteiger partial charge in [0, 0.05) is 14.2 Å². The molecule has 0 spiro atoms. The third-order valence-electron chi connectivity index (χ3n) is 10.4. The number of methoxy groups -OCH3 is 2. The molecule has 3 aromatic carbocycles. The van der Waals surface area contributed by atoms with Crippen molar-refractivity contribution in [3.8, 4) is 0 Å². The van der Waals surface area contributed by atoms with Crippen LogP contribution < -0.4 is 0 Å². The molecule has 4 heterocycles. The van der Waals surface area contributed by atoms with E-state index in [0.717, 1.165) is 16.7 Å². The molecule has 3 aromatic rings. The van der Waals surface area contributed by atoms with Crippen molar-refractivity contribution < 1.29 is 56.8 Å². The van der Waals surface area contributed by atoms with Crippen LogP contribution in [0, 0.1) is 0 Å². The van der Waals surface area contributed by atoms with E-state index in [0.29, 0.717) is 13.2 Å². The van der Waals surface area contributed by atoms with Gasteiger partial charge in [0.2, 0.25) is 11.6 Å². The zero-order valence-corrected chi connectivity index (χ0v) is 31.3. The van der Waals surface area contributed by atoms with E-state index in [4.69, 9.17) is 56.8 Å². The smallest absolute Gasteiger partial charge is 0.220 e. The van der Waals surface area contributed by atoms with Crippen molar-refractivity contribution in [2.45, 2.75) is 120 Å². The molecule has 288 valence electrons. The molecule has 53 heavy (non-hydrogen) atoms. The molecule has 0 bridgehead atoms. The quantitative estimate of drug-likeness (QED) is 0.197. The Morgan fingerprint density at radius 1 is 0.528 bits per heavy atom. The molecule has 7 rings (SSSR count). The molecule has 0 radical (unpaired) electrons. The highest BCUT2D eigenvalue weighted by molar-refractivity contribution is 5.15. The Bertz CT molecular complexity index is 1580. The summed E-state index contributed by atoms with van der Waals surface area (Å²) in [5.41, 5.74) is 3.04. The van der Waals surface area contributed by atoms with Crippen molar-refractivity contribution in [1.82, 2.24) is 0 Å². The summed E-state index contributed by atoms with van der Waals surface area (Å²) in [6.45, 7) is 8.70. The number of rotatable bonds is 15. The SMILES string of the molecule is CO[C@@]1(C)O[C@@H]2[C@@H](OCc3ccccc3)[C@@H](O[C@H]3[C@H]4OC(C)(C)O[C@H]4O[C@@H]3COCc3ccccc3)O[C@H](COCc3ccccc3)[C@H]2O[C@]1(C)OC. The zero-order valence-electron chi connectivity index (χ0n) is 31.3. The third kappa shape index (κ3) is 8.55. The average molecular weight is 737 g/mol. The Hall–Kier alpha value is -2.82. The first-order valence-electron chi connectivity index (χ1n) is 18.3. The Labute approximate surface area is 311 Å². The lowest BCUT2D eigenvalue weighted by molar-refractivity contribution is -0.483. The minimum absolute atomic E-state index is 0.164. The van der Waals surface area contributed by atoms with Gasteiger partial charge in [-0.3, -0.25) is 0 Å². The fourth-order valence-electron chi connectivity index (χ4n) is 7.28. The van der Waals surface area contributed by atoms with Gasteiger partial charge in [-0.25, -0.2) is 0 Å². The van der Waals surface area contributed by atoms with Gasteiger partial charge in [0.05, 0.1) is 33.0 Å². The van der Waals surface area contributed by atoms with Crippen LogP contribution >= 0.6 is 0 Å². The van der Waals surface area contributed by atoms with Gasteiger partial charge in [0.1, 0.15) is 42.7 Å². The molecule has 0 amide bonds. The minimum atomic E-state index is -1.32. The predicted molar refractivity (Wildman–Crippen MR) is 190 cm³/mol. The molecule has 0 aliphatic carbocycles. The first-order chi connectivity index (χ1) is 25.6. The van der Waals surface area contributed by atoms with Gasteiger partial charge in [-0.2, -0.15) is 0 Å². The second-order valence-corrected chi connectivity index (χ2v) is 14.5. The van der Waals surface area contributed by atoms with E-state index in [9.17, 15) is 0 Å². The maximum Gasteiger partial charge on any atom is 0.220 e. The Kier molecular flexibility index (Phi) is 12.0. The summed E-state index contributed by atoms with van der Waals surface area (Å²) in [4.78, 5) is 0. The van der Waals surface area contributed by atoms with Gasteiger partial charge in [-0.15, -0.1) is 0 Å². The summed E-state index contributed by atoms with van der Waals surface area (Å²) in [6.07, 6.45) is -6.32. The van der Waals surface area contributed by atoms with Crippen molar-refractivity contribution in [3.63, 3.8) is 0 Å². The number of hydrogen-bond acceptors (Lipinski definition) is 12. The molecule has 4 aliphatic rings. The van der Waals surface area contributed by atoms with Crippen LogP contribution in [0.3, 0.4) is 0 Å². The molecule has 0 N–H and O–H groups in total. The molecule has 0 saturated carbocycles. The number of fused-ring (bicyclic) bond motifs is 2. The van der Waals surface area contributed by atoms with Gasteiger partial charge in [0.25, 0.3) is 0 Å². The molecular formula is C41H52O12. The van der Waals surface area contributed by atoms with E-state index in [1.807, 2.05) is 105 Å². The molecule has 11 atom stereocenters. The predicted octanol–water partition coefficient (Wildman–Crippen LogP) is 5.50. The molecule has 4 saturated heterocycles. The van der Waals surface area contributed by atoms with Crippen LogP contribution in [0.2, 0.25) is 0 Å². The number of ether oxygens (including phenoxy) is 12. The maximum atomic E-state index is 6.98. The Morgan fingerprint density at radius 3 is 1.58 bits per heavy atom. The largest absolute Gasteiger partial charge is 0.374 e. The Balaban J connectivity index is 1.18. The average Bonchev–Trinajstić information content (AvgIpc) is 3.64. The second-order valence-electron chi connectivity index (χ2n) is 14.5. The van der Waals surface area contributed by atoms with Gasteiger partial charge in [0.15, 0.2) is 18.4 Å². The first-order valence-corrected chi connectivity index (χ1v) is 18.3. The standard InChI is InChI=1S/C41H52O12/c1-39(2)50-36-32(30(48-38(36)53-39)25-44-22-27-16-10-7-11-17-27)49-37-35(46-24-29-20-14-9-15-21-29)34-33(51-40(3,42-5)41(4,43-6)52-34)31(47-37)26-45-23-28-18-12-8-13-19-28/h7-21,30-38H,22-26H2,1-6H3/t30-,31-,32-,33-,34+,35-,36-,37-,38-,40+,41+/m1/s1. The van der Waals surface area contributed by atoms with Crippen LogP contribution in [0.5, 0.6) is 0 Å². The monoisotopic (exact) mass is 736 g/mol. The van der Waals surface area contributed by atoms with Gasteiger partial charge in [-0.05, 0) is 44.4 Å². The molecule has 0 unspecified atom stereocenters. The topological polar surface area (TPSA) is 111 Å². The maximum absolute atomic E-state index is 6.98. The molecule has 4 aliphatic heterocycles. The summed E-state index contributed by atoms with van der Waals surface area (Å²) in [6, 6.07) is 29.8. The fourth-order valence-corrected chi connectivity index (χ4v) is 7.28. The lowest BCUT2D eigenvalue weighted by Crippen LogP contribution is -2.73. The second kappa shape index (κ2) is 16.5. The zero-order chi connectivity index (χ0) is 37.1. The number of benzene rings is 3. The first kappa shape index (κ1) is 38.5. The Morgan fingerprint density at radius 2 is 1.04 bits per heavy atom. The summed E-state index contributed by atoms with van der Waals surface area (Å²) in [5.74, 6) is -3.50. The van der Waals surface area contributed by atoms with Crippen molar-refractivity contribution >= 4 is 0 Å². The third-order valence-corrected chi connectivity index (χ3v) is 10.4. The highest BCUT2D eigenvalue weighted by Crippen LogP contribution is 2.46. The van der Waals surface area contributed by atoms with Crippen LogP contribution in [0.4, 0.5) is 0 Å². The summed E-state index contributed by atoms with van der Waals surface area (Å²) in [5, 5.41) is 0. The van der Waals surface area contributed by atoms with Crippen molar-refractivity contribution in [2.75, 3.05) is 27.4 Å². The summed E-state index contributed by atoms with van der Waals surface area (Å²) >= 11 is 0. The van der Waals surface area contributed by atoms with Crippen LogP contribution in [0.1, 0.15) is 44.4 Å². The van der Waals surface area contributed by atoms with Gasteiger partial charge >= 0.3 is 0 Å². The van der Waals surface area contributed by atoms with Gasteiger partial charge < -0.3 is 56.8 Å². The fraction of sp³-hybridized carbons (Fsp3) is 0.561. The van der Waals surface area contributed by atoms with Crippen LogP contribution in [-0.2, 0) is 76.7 Å². The van der Waals surface area contributed by atoms with E-state index in [1.165, 1.54) is 0 Å². The van der Waals surface area contributed by atoms with E-state index < -0.39 is 72.7 Å². The molecule has 12 heteroatoms. The van der Waals surface area contributed by atoms with Gasteiger partial charge in [-0.1, -0.05) is 91.0 Å². The minimum Gasteiger partial charge on any atom is -0.374 e. The van der Waals surface area contributed by atoms with E-state index in [2.05, 4.69) is 0 Å². The molecular weight excluding hydrogens is 684 g/mol. The van der Waals surface area contributed by atoms with Crippen molar-refractivity contribution in [2.24, 2.45) is 0 Å². The van der Waals surface area contributed by atoms with E-state index in [-0.39, 0.29) is 19.8 Å². The highest BCUT2D eigenvalue weighted by Gasteiger charge is 2.64. The summed E-state index contributed by atoms with van der Waals surface area (Å²) in [7, 11) is 3.12. The highest BCUT2D eigenvalue weighted by atomic mass is 16.9. The van der Waals surface area contributed by atoms with E-state index in [1.54, 1.807) is 28.1 Å². The lowest BCUT2D eigenvalue weighted by Gasteiger charge is -2.57. The van der Waals surface area contributed by atoms with Crippen molar-refractivity contribution in [3.05, 3.63) is 108 Å². The summed E-state index contributed by atoms with van der Waals surface area (Å²) < 4.78 is 77.4.